The summed E-state index contributed by atoms with van der Waals surface area (Å²) in [6.45, 7) is -0.211. The van der Waals surface area contributed by atoms with Crippen LogP contribution in [0.1, 0.15) is 15.5 Å². The van der Waals surface area contributed by atoms with Crippen molar-refractivity contribution in [1.29, 1.82) is 0 Å². The molecule has 0 atom stereocenters. The highest BCUT2D eigenvalue weighted by Crippen LogP contribution is 2.16. The number of imide groups is 2. The molecule has 1 aliphatic heterocycles. The molecule has 9 heteroatoms. The number of carbonyl (C=O) groups is 4. The first-order valence-electron chi connectivity index (χ1n) is 4.73. The van der Waals surface area contributed by atoms with Gasteiger partial charge >= 0.3 is 23.8 Å². The van der Waals surface area contributed by atoms with Crippen LogP contribution in [0, 0.1) is 0 Å². The molecule has 0 aliphatic carbocycles. The fourth-order valence-electron chi connectivity index (χ4n) is 1.39. The SMILES string of the molecule is CN1C(=O)C(=O)N(Cc2csc(C(=O)O)n2)C1=O. The average molecular weight is 269 g/mol. The standard InChI is InChI=1S/C9H7N3O5S/c1-11-6(13)7(14)12(9(11)17)2-4-3-18-5(10-4)8(15)16/h3H,2H2,1H3,(H,15,16). The number of carboxylic acid groups (broad SMARTS) is 1. The topological polar surface area (TPSA) is 108 Å². The van der Waals surface area contributed by atoms with E-state index in [0.717, 1.165) is 16.2 Å². The molecular formula is C9H7N3O5S. The summed E-state index contributed by atoms with van der Waals surface area (Å²) in [5.41, 5.74) is 0.252. The number of nitrogens with zero attached hydrogens (tertiary/aromatic N) is 3. The third-order valence-electron chi connectivity index (χ3n) is 2.31. The van der Waals surface area contributed by atoms with E-state index in [1.54, 1.807) is 0 Å². The molecular weight excluding hydrogens is 262 g/mol. The van der Waals surface area contributed by atoms with Crippen molar-refractivity contribution in [2.24, 2.45) is 0 Å². The normalized spacial score (nSPS) is 15.7. The van der Waals surface area contributed by atoms with Crippen LogP contribution in [-0.4, -0.2) is 50.8 Å². The molecule has 1 aliphatic rings. The molecule has 2 heterocycles. The Hall–Kier alpha value is -2.29. The zero-order valence-corrected chi connectivity index (χ0v) is 9.93. The second-order valence-corrected chi connectivity index (χ2v) is 4.35. The highest BCUT2D eigenvalue weighted by molar-refractivity contribution is 7.11. The van der Waals surface area contributed by atoms with E-state index < -0.39 is 23.8 Å². The Kier molecular flexibility index (Phi) is 2.83. The lowest BCUT2D eigenvalue weighted by Gasteiger charge is -2.10. The van der Waals surface area contributed by atoms with Gasteiger partial charge in [-0.15, -0.1) is 11.3 Å². The molecule has 94 valence electrons. The van der Waals surface area contributed by atoms with Crippen molar-refractivity contribution in [2.75, 3.05) is 7.05 Å². The molecule has 1 fully saturated rings. The Morgan fingerprint density at radius 3 is 2.50 bits per heavy atom. The van der Waals surface area contributed by atoms with Crippen LogP contribution in [0.15, 0.2) is 5.38 Å². The van der Waals surface area contributed by atoms with E-state index in [2.05, 4.69) is 4.98 Å². The maximum absolute atomic E-state index is 11.5. The van der Waals surface area contributed by atoms with Gasteiger partial charge in [-0.25, -0.2) is 19.5 Å². The van der Waals surface area contributed by atoms with Gasteiger partial charge in [0.15, 0.2) is 0 Å². The first-order valence-corrected chi connectivity index (χ1v) is 5.61. The molecule has 8 nitrogen and oxygen atoms in total. The average Bonchev–Trinajstić information content (AvgIpc) is 2.86. The molecule has 18 heavy (non-hydrogen) atoms. The molecule has 1 saturated heterocycles. The highest BCUT2D eigenvalue weighted by Gasteiger charge is 2.42. The van der Waals surface area contributed by atoms with Gasteiger partial charge in [0.1, 0.15) is 0 Å². The van der Waals surface area contributed by atoms with Gasteiger partial charge in [-0.2, -0.15) is 0 Å². The Morgan fingerprint density at radius 2 is 2.06 bits per heavy atom. The Bertz CT molecular complexity index is 566. The number of carboxylic acids is 1. The number of hydrogen-bond acceptors (Lipinski definition) is 6. The fourth-order valence-corrected chi connectivity index (χ4v) is 2.04. The number of thiazole rings is 1. The fraction of sp³-hybridized carbons (Fsp3) is 0.222. The molecule has 0 bridgehead atoms. The summed E-state index contributed by atoms with van der Waals surface area (Å²) in [4.78, 5) is 50.0. The molecule has 1 aromatic rings. The predicted molar refractivity (Wildman–Crippen MR) is 57.8 cm³/mol. The number of urea groups is 1. The van der Waals surface area contributed by atoms with Gasteiger partial charge < -0.3 is 5.11 Å². The number of hydrogen-bond donors (Lipinski definition) is 1. The Labute approximate surface area is 104 Å². The summed E-state index contributed by atoms with van der Waals surface area (Å²) >= 11 is 0.887. The molecule has 1 aromatic heterocycles. The minimum absolute atomic E-state index is 0.135. The van der Waals surface area contributed by atoms with Gasteiger partial charge in [0, 0.05) is 12.4 Å². The van der Waals surface area contributed by atoms with Gasteiger partial charge in [0.05, 0.1) is 12.2 Å². The Morgan fingerprint density at radius 1 is 1.39 bits per heavy atom. The zero-order valence-electron chi connectivity index (χ0n) is 9.11. The van der Waals surface area contributed by atoms with Crippen molar-refractivity contribution >= 4 is 35.2 Å². The van der Waals surface area contributed by atoms with Crippen LogP contribution >= 0.6 is 11.3 Å². The number of likely N-dealkylation sites (N-methyl/N-ethyl adjacent to an activating group) is 1. The maximum Gasteiger partial charge on any atom is 0.365 e. The van der Waals surface area contributed by atoms with Crippen LogP contribution in [0.3, 0.4) is 0 Å². The first kappa shape index (κ1) is 12.2. The third kappa shape index (κ3) is 1.84. The first-order chi connectivity index (χ1) is 8.41. The van der Waals surface area contributed by atoms with Gasteiger partial charge in [-0.1, -0.05) is 0 Å². The second kappa shape index (κ2) is 4.18. The summed E-state index contributed by atoms with van der Waals surface area (Å²) in [7, 11) is 1.20. The predicted octanol–water partition coefficient (Wildman–Crippen LogP) is -0.238. The van der Waals surface area contributed by atoms with Crippen molar-refractivity contribution in [3.8, 4) is 0 Å². The molecule has 0 aromatic carbocycles. The molecule has 1 N–H and O–H groups in total. The van der Waals surface area contributed by atoms with Crippen LogP contribution in [0.5, 0.6) is 0 Å². The van der Waals surface area contributed by atoms with E-state index in [0.29, 0.717) is 4.90 Å². The Balaban J connectivity index is 2.19. The van der Waals surface area contributed by atoms with E-state index in [1.165, 1.54) is 12.4 Å². The van der Waals surface area contributed by atoms with E-state index >= 15 is 0 Å². The quantitative estimate of drug-likeness (QED) is 0.599. The lowest BCUT2D eigenvalue weighted by Crippen LogP contribution is -2.31. The van der Waals surface area contributed by atoms with Crippen molar-refractivity contribution < 1.29 is 24.3 Å². The summed E-state index contributed by atoms with van der Waals surface area (Å²) in [5, 5.41) is 9.97. The highest BCUT2D eigenvalue weighted by atomic mass is 32.1. The van der Waals surface area contributed by atoms with E-state index in [1.807, 2.05) is 0 Å². The summed E-state index contributed by atoms with van der Waals surface area (Å²) < 4.78 is 0. The van der Waals surface area contributed by atoms with Gasteiger partial charge in [-0.3, -0.25) is 14.5 Å². The van der Waals surface area contributed by atoms with Crippen molar-refractivity contribution in [1.82, 2.24) is 14.8 Å². The van der Waals surface area contributed by atoms with Crippen molar-refractivity contribution in [2.45, 2.75) is 6.54 Å². The molecule has 4 amide bonds. The lowest BCUT2D eigenvalue weighted by atomic mass is 10.4. The van der Waals surface area contributed by atoms with Crippen molar-refractivity contribution in [3.05, 3.63) is 16.1 Å². The third-order valence-corrected chi connectivity index (χ3v) is 3.18. The second-order valence-electron chi connectivity index (χ2n) is 3.49. The van der Waals surface area contributed by atoms with Crippen molar-refractivity contribution in [3.63, 3.8) is 0 Å². The van der Waals surface area contributed by atoms with Crippen LogP contribution in [-0.2, 0) is 16.1 Å². The smallest absolute Gasteiger partial charge is 0.365 e. The van der Waals surface area contributed by atoms with E-state index in [-0.39, 0.29) is 17.2 Å². The molecule has 0 saturated carbocycles. The minimum atomic E-state index is -1.18. The van der Waals surface area contributed by atoms with E-state index in [4.69, 9.17) is 5.11 Å². The molecule has 2 rings (SSSR count). The van der Waals surface area contributed by atoms with Crippen LogP contribution in [0.25, 0.3) is 0 Å². The maximum atomic E-state index is 11.5. The number of carbonyl (C=O) groups excluding carboxylic acids is 3. The van der Waals surface area contributed by atoms with E-state index in [9.17, 15) is 19.2 Å². The van der Waals surface area contributed by atoms with Gasteiger partial charge in [0.2, 0.25) is 5.01 Å². The lowest BCUT2D eigenvalue weighted by molar-refractivity contribution is -0.143. The summed E-state index contributed by atoms with van der Waals surface area (Å²) in [6.07, 6.45) is 0. The zero-order chi connectivity index (χ0) is 13.4. The summed E-state index contributed by atoms with van der Waals surface area (Å²) in [6, 6.07) is -0.741. The number of aromatic carboxylic acids is 1. The molecule has 0 radical (unpaired) electrons. The number of rotatable bonds is 3. The van der Waals surface area contributed by atoms with Gasteiger partial charge in [0.25, 0.3) is 0 Å². The summed E-state index contributed by atoms with van der Waals surface area (Å²) in [5.74, 6) is -3.03. The van der Waals surface area contributed by atoms with Crippen LogP contribution < -0.4 is 0 Å². The largest absolute Gasteiger partial charge is 0.476 e. The van der Waals surface area contributed by atoms with Gasteiger partial charge in [-0.05, 0) is 0 Å². The van der Waals surface area contributed by atoms with Crippen LogP contribution in [0.4, 0.5) is 4.79 Å². The van der Waals surface area contributed by atoms with Crippen LogP contribution in [0.2, 0.25) is 0 Å². The molecule has 0 spiro atoms. The monoisotopic (exact) mass is 269 g/mol. The minimum Gasteiger partial charge on any atom is -0.476 e. The number of aromatic nitrogens is 1. The molecule has 0 unspecified atom stereocenters. The number of amides is 4.